The van der Waals surface area contributed by atoms with E-state index in [1.54, 1.807) is 0 Å². The van der Waals surface area contributed by atoms with Crippen molar-refractivity contribution >= 4 is 28.8 Å². The van der Waals surface area contributed by atoms with E-state index in [0.717, 1.165) is 39.5 Å². The van der Waals surface area contributed by atoms with E-state index in [1.165, 1.54) is 27.8 Å². The van der Waals surface area contributed by atoms with E-state index in [-0.39, 0.29) is 0 Å². The maximum atomic E-state index is 6.38. The van der Waals surface area contributed by atoms with Gasteiger partial charge in [0.15, 0.2) is 0 Å². The Labute approximate surface area is 196 Å². The summed E-state index contributed by atoms with van der Waals surface area (Å²) in [5, 5.41) is 0. The number of rotatable bonds is 3. The monoisotopic (exact) mass is 429 g/mol. The fraction of sp³-hybridized carbons (Fsp3) is 0.129. The van der Waals surface area contributed by atoms with Gasteiger partial charge in [0.25, 0.3) is 0 Å². The van der Waals surface area contributed by atoms with Crippen LogP contribution in [0.3, 0.4) is 0 Å². The van der Waals surface area contributed by atoms with Crippen LogP contribution in [0.25, 0.3) is 16.9 Å². The molecule has 0 saturated carbocycles. The van der Waals surface area contributed by atoms with Crippen LogP contribution < -0.4 is 0 Å². The molecule has 0 fully saturated rings. The summed E-state index contributed by atoms with van der Waals surface area (Å²) in [7, 11) is 0. The number of hydrogen-bond acceptors (Lipinski definition) is 2. The van der Waals surface area contributed by atoms with Gasteiger partial charge in [0.2, 0.25) is 0 Å². The highest BCUT2D eigenvalue weighted by molar-refractivity contribution is 6.16. The average Bonchev–Trinajstić information content (AvgIpc) is 3.24. The largest absolute Gasteiger partial charge is 0.457 e. The topological polar surface area (TPSA) is 21.6 Å². The molecular weight excluding hydrogens is 402 g/mol. The quantitative estimate of drug-likeness (QED) is 0.412. The van der Waals surface area contributed by atoms with E-state index in [1.807, 2.05) is 30.5 Å². The van der Waals surface area contributed by atoms with Crippen LogP contribution in [0.15, 0.2) is 95.7 Å². The molecule has 0 amide bonds. The van der Waals surface area contributed by atoms with E-state index in [9.17, 15) is 0 Å². The van der Waals surface area contributed by atoms with E-state index in [0.29, 0.717) is 0 Å². The molecule has 2 heterocycles. The number of nitrogens with zero attached hydrogens (tertiary/aromatic N) is 1. The van der Waals surface area contributed by atoms with Crippen LogP contribution >= 0.6 is 0 Å². The summed E-state index contributed by atoms with van der Waals surface area (Å²) >= 11 is 0. The third-order valence-electron chi connectivity index (χ3n) is 6.43. The van der Waals surface area contributed by atoms with Gasteiger partial charge in [-0.1, -0.05) is 48.5 Å². The van der Waals surface area contributed by atoms with Gasteiger partial charge in [0.1, 0.15) is 11.5 Å². The minimum Gasteiger partial charge on any atom is -0.457 e. The number of aryl methyl sites for hydroxylation is 4. The van der Waals surface area contributed by atoms with Gasteiger partial charge in [-0.2, -0.15) is 0 Å². The summed E-state index contributed by atoms with van der Waals surface area (Å²) in [4.78, 5) is 4.52. The second-order valence-corrected chi connectivity index (χ2v) is 8.77. The van der Waals surface area contributed by atoms with Gasteiger partial charge in [-0.05, 0) is 97.5 Å². The molecule has 0 atom stereocenters. The number of hydrogen-bond donors (Lipinski definition) is 0. The van der Waals surface area contributed by atoms with Crippen LogP contribution in [-0.4, -0.2) is 6.21 Å². The second-order valence-electron chi connectivity index (χ2n) is 8.77. The second kappa shape index (κ2) is 8.55. The smallest absolute Gasteiger partial charge is 0.135 e. The molecule has 2 aliphatic heterocycles. The number of allylic oxidation sites excluding steroid dienone is 6. The molecule has 5 rings (SSSR count). The van der Waals surface area contributed by atoms with Crippen LogP contribution in [0.4, 0.5) is 5.69 Å². The molecule has 0 spiro atoms. The molecule has 2 aliphatic rings. The van der Waals surface area contributed by atoms with Crippen molar-refractivity contribution in [2.24, 2.45) is 4.99 Å². The molecule has 33 heavy (non-hydrogen) atoms. The zero-order valence-electron chi connectivity index (χ0n) is 19.5. The lowest BCUT2D eigenvalue weighted by molar-refractivity contribution is 0.398. The lowest BCUT2D eigenvalue weighted by Gasteiger charge is -2.19. The van der Waals surface area contributed by atoms with Crippen molar-refractivity contribution in [1.82, 2.24) is 0 Å². The molecule has 3 aromatic carbocycles. The van der Waals surface area contributed by atoms with Gasteiger partial charge in [0.05, 0.1) is 5.69 Å². The van der Waals surface area contributed by atoms with E-state index < -0.39 is 0 Å². The van der Waals surface area contributed by atoms with Crippen LogP contribution in [0.1, 0.15) is 38.9 Å². The Bertz CT molecular complexity index is 1410. The van der Waals surface area contributed by atoms with E-state index in [4.69, 9.17) is 4.74 Å². The maximum absolute atomic E-state index is 6.38. The Morgan fingerprint density at radius 1 is 0.697 bits per heavy atom. The molecule has 0 unspecified atom stereocenters. The Hall–Kier alpha value is -3.91. The summed E-state index contributed by atoms with van der Waals surface area (Å²) < 4.78 is 6.38. The molecule has 0 aromatic heterocycles. The fourth-order valence-corrected chi connectivity index (χ4v) is 4.07. The minimum absolute atomic E-state index is 0.809. The van der Waals surface area contributed by atoms with Crippen LogP contribution in [0.5, 0.6) is 0 Å². The first-order valence-electron chi connectivity index (χ1n) is 11.3. The molecule has 2 heteroatoms. The number of aliphatic imine (C=N–C) groups is 1. The lowest BCUT2D eigenvalue weighted by atomic mass is 9.96. The molecule has 0 saturated heterocycles. The summed E-state index contributed by atoms with van der Waals surface area (Å²) in [6.45, 7) is 8.57. The Morgan fingerprint density at radius 2 is 1.39 bits per heavy atom. The Kier molecular flexibility index (Phi) is 5.43. The summed E-state index contributed by atoms with van der Waals surface area (Å²) in [6.07, 6.45) is 10.3. The maximum Gasteiger partial charge on any atom is 0.135 e. The van der Waals surface area contributed by atoms with Gasteiger partial charge in [-0.3, -0.25) is 4.99 Å². The highest BCUT2D eigenvalue weighted by Crippen LogP contribution is 2.34. The standard InChI is InChI=1S/C31H27NO/c1-20-9-11-24(15-22(20)3)27-17-28(14-13-26-19-32-30-8-6-5-7-29(26)30)33-31(18-27)25-12-10-21(2)23(4)16-25/h5-19H,1-4H3/b26-13+,28-14+. The number of fused-ring (bicyclic) bond motifs is 1. The zero-order valence-corrected chi connectivity index (χ0v) is 19.5. The van der Waals surface area contributed by atoms with E-state index >= 15 is 0 Å². The highest BCUT2D eigenvalue weighted by atomic mass is 16.5. The SMILES string of the molecule is Cc1ccc(C2=C/C(=C\C=C3/C=Nc4ccccc43)OC(c3ccc(C)c(C)c3)=C2)cc1C. The zero-order chi connectivity index (χ0) is 22.9. The predicted octanol–water partition coefficient (Wildman–Crippen LogP) is 8.06. The predicted molar refractivity (Wildman–Crippen MR) is 140 cm³/mol. The van der Waals surface area contributed by atoms with Crippen LogP contribution in [-0.2, 0) is 4.74 Å². The fourth-order valence-electron chi connectivity index (χ4n) is 4.07. The number of ether oxygens (including phenoxy) is 1. The Morgan fingerprint density at radius 3 is 2.15 bits per heavy atom. The summed E-state index contributed by atoms with van der Waals surface area (Å²) in [5.74, 6) is 1.67. The van der Waals surface area contributed by atoms with Gasteiger partial charge in [-0.15, -0.1) is 0 Å². The first kappa shape index (κ1) is 21.0. The van der Waals surface area contributed by atoms with Crippen LogP contribution in [0.2, 0.25) is 0 Å². The molecular formula is C31H27NO. The summed E-state index contributed by atoms with van der Waals surface area (Å²) in [5.41, 5.74) is 11.8. The molecule has 0 aliphatic carbocycles. The molecule has 162 valence electrons. The summed E-state index contributed by atoms with van der Waals surface area (Å²) in [6, 6.07) is 21.3. The molecule has 3 aromatic rings. The van der Waals surface area contributed by atoms with Gasteiger partial charge < -0.3 is 4.74 Å². The van der Waals surface area contributed by atoms with Gasteiger partial charge >= 0.3 is 0 Å². The van der Waals surface area contributed by atoms with Gasteiger partial charge in [-0.25, -0.2) is 0 Å². The third kappa shape index (κ3) is 4.25. The van der Waals surface area contributed by atoms with Crippen molar-refractivity contribution in [3.05, 3.63) is 130 Å². The van der Waals surface area contributed by atoms with Crippen LogP contribution in [0, 0.1) is 27.7 Å². The number of benzene rings is 3. The van der Waals surface area contributed by atoms with Crippen molar-refractivity contribution in [3.63, 3.8) is 0 Å². The third-order valence-corrected chi connectivity index (χ3v) is 6.43. The molecule has 0 N–H and O–H groups in total. The van der Waals surface area contributed by atoms with Crippen molar-refractivity contribution in [2.45, 2.75) is 27.7 Å². The Balaban J connectivity index is 1.57. The first-order valence-corrected chi connectivity index (χ1v) is 11.3. The van der Waals surface area contributed by atoms with Gasteiger partial charge in [0, 0.05) is 22.9 Å². The van der Waals surface area contributed by atoms with Crippen molar-refractivity contribution in [3.8, 4) is 0 Å². The van der Waals surface area contributed by atoms with Crippen molar-refractivity contribution in [1.29, 1.82) is 0 Å². The highest BCUT2D eigenvalue weighted by Gasteiger charge is 2.16. The van der Waals surface area contributed by atoms with Crippen molar-refractivity contribution < 1.29 is 4.74 Å². The minimum atomic E-state index is 0.809. The van der Waals surface area contributed by atoms with Crippen molar-refractivity contribution in [2.75, 3.05) is 0 Å². The first-order chi connectivity index (χ1) is 16.0. The molecule has 0 bridgehead atoms. The average molecular weight is 430 g/mol. The lowest BCUT2D eigenvalue weighted by Crippen LogP contribution is -2.00. The molecule has 0 radical (unpaired) electrons. The number of para-hydroxylation sites is 1. The van der Waals surface area contributed by atoms with E-state index in [2.05, 4.69) is 93.4 Å². The molecule has 2 nitrogen and oxygen atoms in total. The normalized spacial score (nSPS) is 17.1.